The molecule has 0 unspecified atom stereocenters. The predicted molar refractivity (Wildman–Crippen MR) is 111 cm³/mol. The third kappa shape index (κ3) is 3.49. The van der Waals surface area contributed by atoms with Crippen molar-refractivity contribution >= 4 is 17.5 Å². The van der Waals surface area contributed by atoms with E-state index in [2.05, 4.69) is 0 Å². The van der Waals surface area contributed by atoms with E-state index in [1.807, 2.05) is 19.9 Å². The minimum absolute atomic E-state index is 0.0328. The Kier molecular flexibility index (Phi) is 5.99. The summed E-state index contributed by atoms with van der Waals surface area (Å²) in [7, 11) is 0. The molecule has 1 N–H and O–H groups in total. The first kappa shape index (κ1) is 22.0. The molecule has 0 aromatic rings. The van der Waals surface area contributed by atoms with Crippen molar-refractivity contribution in [1.82, 2.24) is 0 Å². The smallest absolute Gasteiger partial charge is 0.343 e. The number of carbonyl (C=O) groups is 3. The second-order valence-electron chi connectivity index (χ2n) is 8.13. The van der Waals surface area contributed by atoms with E-state index in [1.54, 1.807) is 25.2 Å². The molecule has 0 fully saturated rings. The van der Waals surface area contributed by atoms with Crippen LogP contribution in [0.5, 0.6) is 0 Å². The summed E-state index contributed by atoms with van der Waals surface area (Å²) in [5.74, 6) is -0.790. The average molecular weight is 412 g/mol. The predicted octanol–water partition coefficient (Wildman–Crippen LogP) is 3.77. The van der Waals surface area contributed by atoms with E-state index in [1.165, 1.54) is 13.2 Å². The summed E-state index contributed by atoms with van der Waals surface area (Å²) in [4.78, 5) is 37.7. The van der Waals surface area contributed by atoms with E-state index in [4.69, 9.17) is 9.47 Å². The summed E-state index contributed by atoms with van der Waals surface area (Å²) in [6.45, 7) is 6.80. The Bertz CT molecular complexity index is 945. The van der Waals surface area contributed by atoms with Gasteiger partial charge in [-0.25, -0.2) is 4.79 Å². The number of ether oxygens (including phenoxy) is 2. The monoisotopic (exact) mass is 412 g/mol. The van der Waals surface area contributed by atoms with Crippen LogP contribution >= 0.6 is 0 Å². The highest BCUT2D eigenvalue weighted by atomic mass is 16.6. The molecular formula is C24H28O6. The fourth-order valence-electron chi connectivity index (χ4n) is 4.29. The quantitative estimate of drug-likeness (QED) is 0.371. The normalized spacial score (nSPS) is 27.6. The van der Waals surface area contributed by atoms with E-state index < -0.39 is 17.2 Å². The number of fused-ring (bicyclic) bond motifs is 2. The Labute approximate surface area is 176 Å². The first-order valence-electron chi connectivity index (χ1n) is 10.3. The van der Waals surface area contributed by atoms with Gasteiger partial charge in [0.2, 0.25) is 0 Å². The van der Waals surface area contributed by atoms with Crippen molar-refractivity contribution < 1.29 is 29.0 Å². The van der Waals surface area contributed by atoms with Crippen LogP contribution in [0.3, 0.4) is 0 Å². The molecule has 6 heteroatoms. The zero-order chi connectivity index (χ0) is 22.1. The molecule has 1 aliphatic carbocycles. The highest BCUT2D eigenvalue weighted by Crippen LogP contribution is 2.53. The van der Waals surface area contributed by atoms with Crippen LogP contribution in [0.15, 0.2) is 58.6 Å². The van der Waals surface area contributed by atoms with Gasteiger partial charge in [-0.1, -0.05) is 25.8 Å². The Morgan fingerprint density at radius 2 is 1.97 bits per heavy atom. The molecule has 3 aliphatic rings. The van der Waals surface area contributed by atoms with Crippen molar-refractivity contribution in [1.29, 1.82) is 0 Å². The number of allylic oxidation sites excluding steroid dienone is 3. The van der Waals surface area contributed by atoms with Crippen molar-refractivity contribution in [3.63, 3.8) is 0 Å². The van der Waals surface area contributed by atoms with Crippen LogP contribution in [0.2, 0.25) is 0 Å². The van der Waals surface area contributed by atoms with Crippen LogP contribution < -0.4 is 0 Å². The Morgan fingerprint density at radius 1 is 1.23 bits per heavy atom. The minimum Gasteiger partial charge on any atom is -0.465 e. The zero-order valence-electron chi connectivity index (χ0n) is 17.9. The van der Waals surface area contributed by atoms with Gasteiger partial charge in [0, 0.05) is 24.0 Å². The molecule has 0 aromatic heterocycles. The van der Waals surface area contributed by atoms with Gasteiger partial charge in [0.25, 0.3) is 0 Å². The summed E-state index contributed by atoms with van der Waals surface area (Å²) < 4.78 is 11.2. The minimum atomic E-state index is -1.85. The molecule has 0 amide bonds. The Balaban J connectivity index is 2.19. The largest absolute Gasteiger partial charge is 0.465 e. The first-order valence-corrected chi connectivity index (χ1v) is 10.3. The maximum absolute atomic E-state index is 12.9. The number of esters is 1. The number of carbonyl (C=O) groups excluding carboxylic acids is 3. The molecule has 0 saturated carbocycles. The number of aliphatic hydroxyl groups is 1. The van der Waals surface area contributed by atoms with Gasteiger partial charge in [0.15, 0.2) is 11.4 Å². The van der Waals surface area contributed by atoms with E-state index in [-0.39, 0.29) is 30.0 Å². The molecular weight excluding hydrogens is 384 g/mol. The topological polar surface area (TPSA) is 89.9 Å². The van der Waals surface area contributed by atoms with Crippen LogP contribution in [0, 0.1) is 0 Å². The summed E-state index contributed by atoms with van der Waals surface area (Å²) in [6.07, 6.45) is 10.8. The van der Waals surface area contributed by atoms with Crippen molar-refractivity contribution in [3.8, 4) is 0 Å². The van der Waals surface area contributed by atoms with E-state index in [0.29, 0.717) is 28.9 Å². The lowest BCUT2D eigenvalue weighted by atomic mass is 9.64. The fourth-order valence-corrected chi connectivity index (χ4v) is 4.29. The second-order valence-corrected chi connectivity index (χ2v) is 8.13. The molecule has 3 rings (SSSR count). The summed E-state index contributed by atoms with van der Waals surface area (Å²) >= 11 is 0. The third-order valence-corrected chi connectivity index (χ3v) is 5.86. The van der Waals surface area contributed by atoms with Gasteiger partial charge in [0.05, 0.1) is 6.26 Å². The van der Waals surface area contributed by atoms with E-state index in [9.17, 15) is 19.5 Å². The summed E-state index contributed by atoms with van der Waals surface area (Å²) in [6, 6.07) is 0. The molecule has 0 bridgehead atoms. The average Bonchev–Trinajstić information content (AvgIpc) is 2.93. The maximum atomic E-state index is 12.9. The van der Waals surface area contributed by atoms with Crippen molar-refractivity contribution in [3.05, 3.63) is 58.6 Å². The first-order chi connectivity index (χ1) is 14.2. The molecule has 2 heterocycles. The highest BCUT2D eigenvalue weighted by molar-refractivity contribution is 6.20. The molecule has 0 spiro atoms. The van der Waals surface area contributed by atoms with Crippen LogP contribution in [0.4, 0.5) is 0 Å². The molecule has 0 radical (unpaired) electrons. The second kappa shape index (κ2) is 8.19. The highest BCUT2D eigenvalue weighted by Gasteiger charge is 2.63. The van der Waals surface area contributed by atoms with Crippen molar-refractivity contribution in [2.45, 2.75) is 71.0 Å². The van der Waals surface area contributed by atoms with E-state index in [0.717, 1.165) is 12.8 Å². The number of ketones is 2. The zero-order valence-corrected chi connectivity index (χ0v) is 17.9. The molecule has 30 heavy (non-hydrogen) atoms. The fraction of sp³-hybridized carbons (Fsp3) is 0.458. The Hall–Kier alpha value is -2.73. The molecule has 2 atom stereocenters. The van der Waals surface area contributed by atoms with Crippen LogP contribution in [0.1, 0.15) is 59.8 Å². The van der Waals surface area contributed by atoms with E-state index >= 15 is 0 Å². The van der Waals surface area contributed by atoms with Crippen LogP contribution in [-0.4, -0.2) is 33.8 Å². The van der Waals surface area contributed by atoms with Crippen molar-refractivity contribution in [2.75, 3.05) is 0 Å². The van der Waals surface area contributed by atoms with Gasteiger partial charge in [-0.3, -0.25) is 9.59 Å². The maximum Gasteiger partial charge on any atom is 0.343 e. The molecule has 0 saturated heterocycles. The van der Waals surface area contributed by atoms with Crippen LogP contribution in [0.25, 0.3) is 0 Å². The molecule has 6 nitrogen and oxygen atoms in total. The lowest BCUT2D eigenvalue weighted by molar-refractivity contribution is -0.167. The lowest BCUT2D eigenvalue weighted by Crippen LogP contribution is -2.58. The Morgan fingerprint density at radius 3 is 2.60 bits per heavy atom. The van der Waals surface area contributed by atoms with Gasteiger partial charge in [-0.15, -0.1) is 0 Å². The molecule has 0 aromatic carbocycles. The van der Waals surface area contributed by atoms with Crippen molar-refractivity contribution in [2.24, 2.45) is 0 Å². The number of hydrogen-bond donors (Lipinski definition) is 1. The number of hydrogen-bond acceptors (Lipinski definition) is 6. The third-order valence-electron chi connectivity index (χ3n) is 5.86. The SMILES string of the molecule is CC=CC1=CC2=CC3=C(C(=O)CCCCC)C(=O)O[C@@]3(C)[C@@](O)(CC(C)=O)C2=CO1. The summed E-state index contributed by atoms with van der Waals surface area (Å²) in [5, 5.41) is 11.7. The molecule has 160 valence electrons. The summed E-state index contributed by atoms with van der Waals surface area (Å²) in [5.41, 5.74) is -2.18. The lowest BCUT2D eigenvalue weighted by Gasteiger charge is -2.46. The van der Waals surface area contributed by atoms with Gasteiger partial charge >= 0.3 is 5.97 Å². The standard InChI is InChI=1S/C24H28O6/c1-5-7-8-10-20(26)21-18-12-16-11-17(9-6-2)29-14-19(16)24(28,13-15(3)25)23(18,4)30-22(21)27/h6,9,11-12,14,28H,5,7-8,10,13H2,1-4H3/t23-,24-/m1/s1. The number of rotatable bonds is 8. The van der Waals surface area contributed by atoms with Gasteiger partial charge < -0.3 is 14.6 Å². The number of Topliss-reactive ketones (excluding diaryl/α,β-unsaturated/α-hetero) is 2. The van der Waals surface area contributed by atoms with Gasteiger partial charge in [0.1, 0.15) is 22.7 Å². The number of unbranched alkanes of at least 4 members (excludes halogenated alkanes) is 2. The molecule has 2 aliphatic heterocycles. The van der Waals surface area contributed by atoms with Crippen LogP contribution in [-0.2, 0) is 23.9 Å². The van der Waals surface area contributed by atoms with Gasteiger partial charge in [-0.05, 0) is 51.0 Å². The van der Waals surface area contributed by atoms with Gasteiger partial charge in [-0.2, -0.15) is 0 Å².